The maximum absolute atomic E-state index is 12.5. The van der Waals surface area contributed by atoms with Crippen LogP contribution in [0.15, 0.2) is 24.8 Å². The molecule has 0 atom stereocenters. The van der Waals surface area contributed by atoms with Gasteiger partial charge >= 0.3 is 6.03 Å². The van der Waals surface area contributed by atoms with Crippen molar-refractivity contribution in [3.63, 3.8) is 0 Å². The first-order chi connectivity index (χ1) is 12.0. The molecule has 0 aliphatic heterocycles. The number of imidazole rings is 2. The second kappa shape index (κ2) is 6.74. The molecule has 0 aliphatic carbocycles. The maximum atomic E-state index is 12.5. The molecule has 3 aromatic heterocycles. The molecule has 0 radical (unpaired) electrons. The Morgan fingerprint density at radius 1 is 1.24 bits per heavy atom. The number of carbonyl (C=O) groups excluding carboxylic acids is 1. The van der Waals surface area contributed by atoms with E-state index in [1.165, 1.54) is 0 Å². The Morgan fingerprint density at radius 2 is 1.84 bits per heavy atom. The molecule has 0 unspecified atom stereocenters. The van der Waals surface area contributed by atoms with E-state index in [0.717, 1.165) is 11.5 Å². The lowest BCUT2D eigenvalue weighted by Gasteiger charge is -2.18. The summed E-state index contributed by atoms with van der Waals surface area (Å²) in [5.41, 5.74) is 0.957. The van der Waals surface area contributed by atoms with Crippen molar-refractivity contribution < 1.29 is 4.79 Å². The lowest BCUT2D eigenvalue weighted by Crippen LogP contribution is -2.35. The molecule has 0 bridgehead atoms. The predicted octanol–water partition coefficient (Wildman–Crippen LogP) is 1.70. The molecule has 0 spiro atoms. The van der Waals surface area contributed by atoms with E-state index in [-0.39, 0.29) is 0 Å². The van der Waals surface area contributed by atoms with E-state index >= 15 is 0 Å². The summed E-state index contributed by atoms with van der Waals surface area (Å²) in [5, 5.41) is 15.1. The second-order valence-corrected chi connectivity index (χ2v) is 6.18. The van der Waals surface area contributed by atoms with Gasteiger partial charge in [-0.1, -0.05) is 0 Å². The Labute approximate surface area is 148 Å². The average Bonchev–Trinajstić information content (AvgIpc) is 3.27. The summed E-state index contributed by atoms with van der Waals surface area (Å²) in [6, 6.07) is 1.04. The zero-order chi connectivity index (χ0) is 18.0. The van der Waals surface area contributed by atoms with Gasteiger partial charge in [0.05, 0.1) is 5.69 Å². The number of carbonyl (C=O) groups is 1. The highest BCUT2D eigenvalue weighted by Crippen LogP contribution is 2.24. The number of nitriles is 1. The van der Waals surface area contributed by atoms with Crippen molar-refractivity contribution in [3.05, 3.63) is 47.7 Å². The highest BCUT2D eigenvalue weighted by molar-refractivity contribution is 7.10. The van der Waals surface area contributed by atoms with Gasteiger partial charge in [0.2, 0.25) is 0 Å². The third-order valence-electron chi connectivity index (χ3n) is 3.71. The van der Waals surface area contributed by atoms with E-state index in [0.29, 0.717) is 27.9 Å². The van der Waals surface area contributed by atoms with E-state index < -0.39 is 12.1 Å². The lowest BCUT2D eigenvalue weighted by atomic mass is 10.2. The van der Waals surface area contributed by atoms with E-state index in [2.05, 4.69) is 25.0 Å². The lowest BCUT2D eigenvalue weighted by molar-refractivity contribution is 0.249. The number of nitrogens with zero attached hydrogens (tertiary/aromatic N) is 6. The normalized spacial score (nSPS) is 10.7. The molecule has 3 rings (SSSR count). The summed E-state index contributed by atoms with van der Waals surface area (Å²) in [4.78, 5) is 21.1. The summed E-state index contributed by atoms with van der Waals surface area (Å²) in [7, 11) is 3.69. The molecular weight excluding hydrogens is 340 g/mol. The van der Waals surface area contributed by atoms with Crippen LogP contribution in [0.25, 0.3) is 0 Å². The van der Waals surface area contributed by atoms with E-state index in [1.807, 2.05) is 29.3 Å². The molecule has 25 heavy (non-hydrogen) atoms. The van der Waals surface area contributed by atoms with Crippen molar-refractivity contribution in [2.75, 3.05) is 5.32 Å². The Bertz CT molecular complexity index is 907. The molecule has 10 heteroatoms. The Hall–Kier alpha value is -3.19. The van der Waals surface area contributed by atoms with Gasteiger partial charge in [-0.25, -0.2) is 14.8 Å². The van der Waals surface area contributed by atoms with Crippen molar-refractivity contribution in [3.8, 4) is 6.07 Å². The molecule has 128 valence electrons. The summed E-state index contributed by atoms with van der Waals surface area (Å²) in [5.74, 6) is 1.29. The van der Waals surface area contributed by atoms with Crippen LogP contribution in [-0.4, -0.2) is 29.5 Å². The SMILES string of the molecule is Cc1nsc(NC(=O)NC(c2nccn2C)c2nccn2C)c1C#N. The van der Waals surface area contributed by atoms with Gasteiger partial charge in [-0.3, -0.25) is 5.32 Å². The Morgan fingerprint density at radius 3 is 2.32 bits per heavy atom. The topological polar surface area (TPSA) is 113 Å². The average molecular weight is 356 g/mol. The van der Waals surface area contributed by atoms with E-state index in [9.17, 15) is 10.1 Å². The van der Waals surface area contributed by atoms with Crippen LogP contribution in [-0.2, 0) is 14.1 Å². The minimum atomic E-state index is -0.542. The summed E-state index contributed by atoms with van der Waals surface area (Å²) < 4.78 is 7.72. The van der Waals surface area contributed by atoms with Crippen molar-refractivity contribution >= 4 is 22.6 Å². The van der Waals surface area contributed by atoms with Crippen LogP contribution >= 0.6 is 11.5 Å². The van der Waals surface area contributed by atoms with Gasteiger partial charge in [0.15, 0.2) is 0 Å². The van der Waals surface area contributed by atoms with Gasteiger partial charge in [-0.15, -0.1) is 0 Å². The second-order valence-electron chi connectivity index (χ2n) is 5.41. The van der Waals surface area contributed by atoms with Crippen molar-refractivity contribution in [2.24, 2.45) is 14.1 Å². The predicted molar refractivity (Wildman–Crippen MR) is 92.0 cm³/mol. The number of aromatic nitrogens is 5. The number of anilines is 1. The van der Waals surface area contributed by atoms with E-state index in [1.54, 1.807) is 31.7 Å². The zero-order valence-electron chi connectivity index (χ0n) is 13.9. The number of rotatable bonds is 4. The highest BCUT2D eigenvalue weighted by Gasteiger charge is 2.25. The molecule has 0 aliphatic rings. The first-order valence-electron chi connectivity index (χ1n) is 7.39. The largest absolute Gasteiger partial charge is 0.336 e. The molecule has 0 aromatic carbocycles. The first kappa shape index (κ1) is 16.7. The fourth-order valence-corrected chi connectivity index (χ4v) is 3.15. The zero-order valence-corrected chi connectivity index (χ0v) is 14.7. The number of hydrogen-bond acceptors (Lipinski definition) is 6. The van der Waals surface area contributed by atoms with Gasteiger partial charge in [-0.05, 0) is 18.5 Å². The summed E-state index contributed by atoms with van der Waals surface area (Å²) in [6.07, 6.45) is 6.91. The maximum Gasteiger partial charge on any atom is 0.320 e. The van der Waals surface area contributed by atoms with Gasteiger partial charge < -0.3 is 14.5 Å². The van der Waals surface area contributed by atoms with Gasteiger partial charge in [0.25, 0.3) is 0 Å². The fraction of sp³-hybridized carbons (Fsp3) is 0.267. The number of hydrogen-bond donors (Lipinski definition) is 2. The van der Waals surface area contributed by atoms with Crippen LogP contribution in [0.5, 0.6) is 0 Å². The van der Waals surface area contributed by atoms with E-state index in [4.69, 9.17) is 0 Å². The molecule has 2 amide bonds. The van der Waals surface area contributed by atoms with Gasteiger partial charge in [0, 0.05) is 38.9 Å². The van der Waals surface area contributed by atoms with Crippen LogP contribution < -0.4 is 10.6 Å². The van der Waals surface area contributed by atoms with Crippen molar-refractivity contribution in [1.82, 2.24) is 28.8 Å². The van der Waals surface area contributed by atoms with Crippen molar-refractivity contribution in [2.45, 2.75) is 13.0 Å². The summed E-state index contributed by atoms with van der Waals surface area (Å²) in [6.45, 7) is 1.72. The van der Waals surface area contributed by atoms with Crippen LogP contribution in [0.3, 0.4) is 0 Å². The van der Waals surface area contributed by atoms with Crippen LogP contribution in [0.2, 0.25) is 0 Å². The number of aryl methyl sites for hydroxylation is 3. The number of amides is 2. The van der Waals surface area contributed by atoms with Crippen LogP contribution in [0, 0.1) is 18.3 Å². The monoisotopic (exact) mass is 356 g/mol. The molecule has 0 fully saturated rings. The minimum Gasteiger partial charge on any atom is -0.336 e. The van der Waals surface area contributed by atoms with Crippen LogP contribution in [0.1, 0.15) is 28.9 Å². The smallest absolute Gasteiger partial charge is 0.320 e. The first-order valence-corrected chi connectivity index (χ1v) is 8.17. The van der Waals surface area contributed by atoms with Gasteiger partial charge in [0.1, 0.15) is 34.3 Å². The summed E-state index contributed by atoms with van der Waals surface area (Å²) >= 11 is 1.07. The molecule has 2 N–H and O–H groups in total. The Kier molecular flexibility index (Phi) is 4.49. The fourth-order valence-electron chi connectivity index (χ4n) is 2.41. The molecule has 3 aromatic rings. The quantitative estimate of drug-likeness (QED) is 0.738. The minimum absolute atomic E-state index is 0.366. The third-order valence-corrected chi connectivity index (χ3v) is 4.56. The highest BCUT2D eigenvalue weighted by atomic mass is 32.1. The standard InChI is InChI=1S/C15H16N8OS/c1-9-10(8-16)14(25-21-9)20-15(24)19-11(12-17-4-6-22(12)2)13-18-5-7-23(13)3/h4-7,11H,1-3H3,(H2,19,20,24). The number of nitrogens with one attached hydrogen (secondary N) is 2. The number of urea groups is 1. The molecule has 0 saturated carbocycles. The molecule has 9 nitrogen and oxygen atoms in total. The van der Waals surface area contributed by atoms with Crippen molar-refractivity contribution in [1.29, 1.82) is 5.26 Å². The third kappa shape index (κ3) is 3.22. The molecule has 3 heterocycles. The molecular formula is C15H16N8OS. The Balaban J connectivity index is 1.86. The van der Waals surface area contributed by atoms with Crippen LogP contribution in [0.4, 0.5) is 9.80 Å². The van der Waals surface area contributed by atoms with Gasteiger partial charge in [-0.2, -0.15) is 9.64 Å². The molecule has 0 saturated heterocycles.